The van der Waals surface area contributed by atoms with E-state index in [1.54, 1.807) is 12.1 Å². The normalized spacial score (nSPS) is 22.3. The van der Waals surface area contributed by atoms with Gasteiger partial charge in [-0.15, -0.1) is 0 Å². The molecule has 1 saturated heterocycles. The molecule has 4 heteroatoms. The van der Waals surface area contributed by atoms with Gasteiger partial charge in [0.15, 0.2) is 0 Å². The van der Waals surface area contributed by atoms with Crippen molar-refractivity contribution in [1.82, 2.24) is 0 Å². The minimum absolute atomic E-state index is 0.0841. The second-order valence-electron chi connectivity index (χ2n) is 4.29. The summed E-state index contributed by atoms with van der Waals surface area (Å²) in [5.41, 5.74) is 1.85. The van der Waals surface area contributed by atoms with Gasteiger partial charge in [0.1, 0.15) is 11.9 Å². The molecule has 0 aliphatic carbocycles. The Kier molecular flexibility index (Phi) is 3.25. The molecule has 0 saturated carbocycles. The van der Waals surface area contributed by atoms with Crippen LogP contribution in [-0.2, 0) is 4.74 Å². The van der Waals surface area contributed by atoms with Crippen LogP contribution in [0.2, 0.25) is 0 Å². The van der Waals surface area contributed by atoms with Crippen LogP contribution in [0, 0.1) is 5.82 Å². The molecule has 0 spiro atoms. The first-order valence-electron chi connectivity index (χ1n) is 5.92. The highest BCUT2D eigenvalue weighted by Gasteiger charge is 2.37. The second-order valence-corrected chi connectivity index (χ2v) is 5.37. The SMILES string of the molecule is O=C1O[C@H](c2ccc(F)cc2)[C@H](c2ccccc2)S1. The maximum Gasteiger partial charge on any atom is 0.368 e. The van der Waals surface area contributed by atoms with Gasteiger partial charge in [0.05, 0.1) is 5.25 Å². The first-order chi connectivity index (χ1) is 9.24. The predicted octanol–water partition coefficient (Wildman–Crippen LogP) is 4.49. The summed E-state index contributed by atoms with van der Waals surface area (Å²) >= 11 is 1.17. The van der Waals surface area contributed by atoms with Gasteiger partial charge in [-0.2, -0.15) is 0 Å². The molecule has 1 fully saturated rings. The number of halogens is 1. The Balaban J connectivity index is 1.95. The van der Waals surface area contributed by atoms with E-state index in [0.29, 0.717) is 0 Å². The zero-order valence-corrected chi connectivity index (χ0v) is 10.8. The van der Waals surface area contributed by atoms with Crippen LogP contribution < -0.4 is 0 Å². The third kappa shape index (κ3) is 2.49. The van der Waals surface area contributed by atoms with Crippen molar-refractivity contribution in [3.63, 3.8) is 0 Å². The molecule has 0 amide bonds. The van der Waals surface area contributed by atoms with Gasteiger partial charge >= 0.3 is 5.30 Å². The minimum atomic E-state index is -0.361. The topological polar surface area (TPSA) is 26.3 Å². The fraction of sp³-hybridized carbons (Fsp3) is 0.133. The summed E-state index contributed by atoms with van der Waals surface area (Å²) in [6.07, 6.45) is -0.361. The van der Waals surface area contributed by atoms with Crippen LogP contribution >= 0.6 is 11.8 Å². The van der Waals surface area contributed by atoms with Crippen molar-refractivity contribution >= 4 is 17.1 Å². The Bertz CT molecular complexity index is 583. The summed E-state index contributed by atoms with van der Waals surface area (Å²) in [6.45, 7) is 0. The lowest BCUT2D eigenvalue weighted by Crippen LogP contribution is -2.05. The number of cyclic esters (lactones) is 1. The molecule has 2 aromatic carbocycles. The zero-order chi connectivity index (χ0) is 13.2. The van der Waals surface area contributed by atoms with E-state index in [-0.39, 0.29) is 22.5 Å². The summed E-state index contributed by atoms with van der Waals surface area (Å²) < 4.78 is 18.3. The number of thioether (sulfide) groups is 1. The first kappa shape index (κ1) is 12.2. The summed E-state index contributed by atoms with van der Waals surface area (Å²) in [4.78, 5) is 11.5. The molecule has 2 aromatic rings. The van der Waals surface area contributed by atoms with Crippen LogP contribution in [0.25, 0.3) is 0 Å². The van der Waals surface area contributed by atoms with Crippen molar-refractivity contribution in [2.45, 2.75) is 11.4 Å². The maximum absolute atomic E-state index is 13.0. The van der Waals surface area contributed by atoms with E-state index in [0.717, 1.165) is 11.1 Å². The van der Waals surface area contributed by atoms with E-state index in [9.17, 15) is 9.18 Å². The Labute approximate surface area is 114 Å². The monoisotopic (exact) mass is 274 g/mol. The Hall–Kier alpha value is -1.81. The van der Waals surface area contributed by atoms with Crippen LogP contribution in [0.4, 0.5) is 9.18 Å². The predicted molar refractivity (Wildman–Crippen MR) is 72.4 cm³/mol. The van der Waals surface area contributed by atoms with Crippen molar-refractivity contribution in [3.8, 4) is 0 Å². The standard InChI is InChI=1S/C15H11FO2S/c16-12-8-6-10(7-9-12)13-14(19-15(17)18-13)11-4-2-1-3-5-11/h1-9,13-14H/t13-,14+/m1/s1. The van der Waals surface area contributed by atoms with Crippen molar-refractivity contribution in [2.24, 2.45) is 0 Å². The third-order valence-electron chi connectivity index (χ3n) is 3.05. The lowest BCUT2D eigenvalue weighted by molar-refractivity contribution is 0.133. The van der Waals surface area contributed by atoms with Crippen LogP contribution in [0.5, 0.6) is 0 Å². The number of carbonyl (C=O) groups excluding carboxylic acids is 1. The van der Waals surface area contributed by atoms with E-state index < -0.39 is 0 Å². The summed E-state index contributed by atoms with van der Waals surface area (Å²) in [6, 6.07) is 15.8. The number of ether oxygens (including phenoxy) is 1. The van der Waals surface area contributed by atoms with E-state index in [1.165, 1.54) is 23.9 Å². The average Bonchev–Trinajstić information content (AvgIpc) is 2.83. The number of hydrogen-bond donors (Lipinski definition) is 0. The molecule has 1 heterocycles. The van der Waals surface area contributed by atoms with Crippen molar-refractivity contribution in [1.29, 1.82) is 0 Å². The van der Waals surface area contributed by atoms with Crippen LogP contribution in [-0.4, -0.2) is 5.30 Å². The molecule has 1 aliphatic rings. The lowest BCUT2D eigenvalue weighted by atomic mass is 10.0. The highest BCUT2D eigenvalue weighted by Crippen LogP contribution is 2.49. The molecule has 19 heavy (non-hydrogen) atoms. The second kappa shape index (κ2) is 5.05. The lowest BCUT2D eigenvalue weighted by Gasteiger charge is -2.17. The highest BCUT2D eigenvalue weighted by molar-refractivity contribution is 8.13. The maximum atomic E-state index is 13.0. The molecular formula is C15H11FO2S. The smallest absolute Gasteiger partial charge is 0.368 e. The van der Waals surface area contributed by atoms with Gasteiger partial charge < -0.3 is 4.74 Å². The number of rotatable bonds is 2. The largest absolute Gasteiger partial charge is 0.448 e. The zero-order valence-electron chi connectivity index (χ0n) is 9.95. The average molecular weight is 274 g/mol. The number of carbonyl (C=O) groups is 1. The molecule has 2 nitrogen and oxygen atoms in total. The number of benzene rings is 2. The molecule has 0 aromatic heterocycles. The Morgan fingerprint density at radius 2 is 1.63 bits per heavy atom. The van der Waals surface area contributed by atoms with Crippen LogP contribution in [0.1, 0.15) is 22.5 Å². The van der Waals surface area contributed by atoms with Gasteiger partial charge in [-0.1, -0.05) is 42.5 Å². The quantitative estimate of drug-likeness (QED) is 0.755. The Morgan fingerprint density at radius 3 is 2.32 bits per heavy atom. The first-order valence-corrected chi connectivity index (χ1v) is 6.80. The summed E-state index contributed by atoms with van der Waals surface area (Å²) in [5, 5.41) is -0.373. The fourth-order valence-corrected chi connectivity index (χ4v) is 3.14. The van der Waals surface area contributed by atoms with E-state index in [1.807, 2.05) is 30.3 Å². The molecule has 0 N–H and O–H groups in total. The molecule has 2 atom stereocenters. The number of hydrogen-bond acceptors (Lipinski definition) is 3. The minimum Gasteiger partial charge on any atom is -0.448 e. The molecule has 0 unspecified atom stereocenters. The Morgan fingerprint density at radius 1 is 0.947 bits per heavy atom. The van der Waals surface area contributed by atoms with E-state index in [2.05, 4.69) is 0 Å². The van der Waals surface area contributed by atoms with Gasteiger partial charge in [-0.25, -0.2) is 9.18 Å². The molecular weight excluding hydrogens is 263 g/mol. The molecule has 96 valence electrons. The van der Waals surface area contributed by atoms with Gasteiger partial charge in [-0.05, 0) is 35.0 Å². The summed E-state index contributed by atoms with van der Waals surface area (Å²) in [5.74, 6) is -0.294. The third-order valence-corrected chi connectivity index (χ3v) is 4.11. The van der Waals surface area contributed by atoms with Crippen molar-refractivity contribution in [3.05, 3.63) is 71.5 Å². The van der Waals surface area contributed by atoms with Gasteiger partial charge in [0, 0.05) is 0 Å². The van der Waals surface area contributed by atoms with E-state index >= 15 is 0 Å². The molecule has 0 bridgehead atoms. The molecule has 1 aliphatic heterocycles. The highest BCUT2D eigenvalue weighted by atomic mass is 32.2. The van der Waals surface area contributed by atoms with E-state index in [4.69, 9.17) is 4.74 Å². The summed E-state index contributed by atoms with van der Waals surface area (Å²) in [7, 11) is 0. The van der Waals surface area contributed by atoms with Crippen LogP contribution in [0.15, 0.2) is 54.6 Å². The van der Waals surface area contributed by atoms with Crippen molar-refractivity contribution < 1.29 is 13.9 Å². The van der Waals surface area contributed by atoms with Crippen LogP contribution in [0.3, 0.4) is 0 Å². The van der Waals surface area contributed by atoms with Gasteiger partial charge in [0.25, 0.3) is 0 Å². The van der Waals surface area contributed by atoms with Crippen molar-refractivity contribution in [2.75, 3.05) is 0 Å². The van der Waals surface area contributed by atoms with Gasteiger partial charge in [0.2, 0.25) is 0 Å². The fourth-order valence-electron chi connectivity index (χ4n) is 2.14. The van der Waals surface area contributed by atoms with Gasteiger partial charge in [-0.3, -0.25) is 0 Å². The molecule has 0 radical (unpaired) electrons. The molecule has 3 rings (SSSR count).